The second-order valence-corrected chi connectivity index (χ2v) is 9.58. The van der Waals surface area contributed by atoms with Gasteiger partial charge in [-0.3, -0.25) is 19.2 Å². The minimum Gasteiger partial charge on any atom is -0.483 e. The van der Waals surface area contributed by atoms with E-state index in [2.05, 4.69) is 10.6 Å². The fourth-order valence-electron chi connectivity index (χ4n) is 3.99. The van der Waals surface area contributed by atoms with Gasteiger partial charge in [0.25, 0.3) is 5.91 Å². The first-order valence-electron chi connectivity index (χ1n) is 12.7. The number of carbonyl (C=O) groups excluding carboxylic acids is 3. The molecule has 3 N–H and O–H groups in total. The highest BCUT2D eigenvalue weighted by atomic mass is 19.4. The fourth-order valence-corrected chi connectivity index (χ4v) is 3.99. The van der Waals surface area contributed by atoms with Crippen LogP contribution >= 0.6 is 0 Å². The molecule has 2 amide bonds. The van der Waals surface area contributed by atoms with Gasteiger partial charge in [-0.15, -0.1) is 0 Å². The van der Waals surface area contributed by atoms with Crippen molar-refractivity contribution in [2.75, 3.05) is 13.2 Å². The molecule has 0 unspecified atom stereocenters. The lowest BCUT2D eigenvalue weighted by Crippen LogP contribution is -2.55. The number of aliphatic carboxylic acids is 1. The molecule has 0 heterocycles. The second-order valence-electron chi connectivity index (χ2n) is 9.58. The quantitative estimate of drug-likeness (QED) is 0.255. The molecule has 3 rings (SSSR count). The van der Waals surface area contributed by atoms with Gasteiger partial charge in [-0.2, -0.15) is 13.2 Å². The van der Waals surface area contributed by atoms with Crippen LogP contribution in [0.1, 0.15) is 25.8 Å². The predicted octanol–water partition coefficient (Wildman–Crippen LogP) is 4.12. The highest BCUT2D eigenvalue weighted by Crippen LogP contribution is 2.34. The topological polar surface area (TPSA) is 131 Å². The molecule has 9 nitrogen and oxygen atoms in total. The van der Waals surface area contributed by atoms with Gasteiger partial charge in [-0.25, -0.2) is 4.39 Å². The maximum Gasteiger partial charge on any atom is 0.419 e. The predicted molar refractivity (Wildman–Crippen MR) is 142 cm³/mol. The van der Waals surface area contributed by atoms with Crippen molar-refractivity contribution in [3.8, 4) is 11.5 Å². The Kier molecular flexibility index (Phi) is 10.5. The van der Waals surface area contributed by atoms with E-state index in [0.29, 0.717) is 11.8 Å². The molecule has 13 heteroatoms. The van der Waals surface area contributed by atoms with Crippen LogP contribution in [0.15, 0.2) is 60.7 Å². The summed E-state index contributed by atoms with van der Waals surface area (Å²) >= 11 is 0. The number of carboxylic acid groups (broad SMARTS) is 1. The Morgan fingerprint density at radius 3 is 2.14 bits per heavy atom. The average Bonchev–Trinajstić information content (AvgIpc) is 2.92. The number of amides is 2. The summed E-state index contributed by atoms with van der Waals surface area (Å²) in [6, 6.07) is 12.0. The lowest BCUT2D eigenvalue weighted by Gasteiger charge is -2.24. The molecule has 0 saturated heterocycles. The van der Waals surface area contributed by atoms with Gasteiger partial charge >= 0.3 is 12.1 Å². The minimum atomic E-state index is -5.01. The molecule has 42 heavy (non-hydrogen) atoms. The summed E-state index contributed by atoms with van der Waals surface area (Å²) in [5.41, 5.74) is -1.61. The van der Waals surface area contributed by atoms with E-state index in [-0.39, 0.29) is 0 Å². The summed E-state index contributed by atoms with van der Waals surface area (Å²) in [4.78, 5) is 49.7. The zero-order valence-electron chi connectivity index (χ0n) is 22.5. The van der Waals surface area contributed by atoms with Crippen molar-refractivity contribution in [2.24, 2.45) is 5.92 Å². The van der Waals surface area contributed by atoms with Crippen LogP contribution in [0.25, 0.3) is 10.8 Å². The number of carboxylic acids is 1. The third-order valence-electron chi connectivity index (χ3n) is 6.10. The molecule has 3 aromatic carbocycles. The molecular weight excluding hydrogens is 564 g/mol. The molecule has 0 aliphatic rings. The van der Waals surface area contributed by atoms with Crippen LogP contribution < -0.4 is 20.1 Å². The molecule has 0 aliphatic carbocycles. The molecule has 0 aromatic heterocycles. The van der Waals surface area contributed by atoms with Crippen molar-refractivity contribution in [1.29, 1.82) is 0 Å². The molecule has 3 aromatic rings. The molecule has 0 fully saturated rings. The number of hydrogen-bond acceptors (Lipinski definition) is 6. The van der Waals surface area contributed by atoms with Crippen LogP contribution in [0.3, 0.4) is 0 Å². The molecule has 0 spiro atoms. The van der Waals surface area contributed by atoms with Gasteiger partial charge in [0.05, 0.1) is 12.0 Å². The van der Waals surface area contributed by atoms with Crippen molar-refractivity contribution in [2.45, 2.75) is 38.5 Å². The number of ketones is 1. The van der Waals surface area contributed by atoms with E-state index in [1.807, 2.05) is 30.3 Å². The zero-order valence-corrected chi connectivity index (χ0v) is 22.5. The summed E-state index contributed by atoms with van der Waals surface area (Å²) in [5.74, 6) is -6.78. The molecule has 0 radical (unpaired) electrons. The number of hydrogen-bond donors (Lipinski definition) is 3. The number of fused-ring (bicyclic) bond motifs is 1. The first-order chi connectivity index (χ1) is 19.8. The standard InChI is InChI=1S/C29H28F4N2O7/c1-16(2)27(35-24(37)15-42-22-11-5-8-17-7-3-4-9-18(17)22)28(40)34-20(13-25(38)39)21(36)14-41-23-12-6-10-19(26(23)30)29(31,32)33/h3-12,16,20,27H,13-15H2,1-2H3,(H,34,40)(H,35,37)(H,38,39)/t20-,27-/m0/s1. The van der Waals surface area contributed by atoms with Gasteiger partial charge < -0.3 is 25.2 Å². The molecule has 0 bridgehead atoms. The Morgan fingerprint density at radius 2 is 1.48 bits per heavy atom. The Bertz CT molecular complexity index is 1450. The van der Waals surface area contributed by atoms with Gasteiger partial charge in [0, 0.05) is 5.39 Å². The monoisotopic (exact) mass is 592 g/mol. The Balaban J connectivity index is 1.65. The third kappa shape index (κ3) is 8.41. The van der Waals surface area contributed by atoms with Crippen LogP contribution in [0.2, 0.25) is 0 Å². The van der Waals surface area contributed by atoms with Crippen LogP contribution in [-0.4, -0.2) is 54.0 Å². The van der Waals surface area contributed by atoms with Crippen molar-refractivity contribution in [3.05, 3.63) is 72.0 Å². The van der Waals surface area contributed by atoms with Gasteiger partial charge in [-0.1, -0.05) is 56.3 Å². The van der Waals surface area contributed by atoms with Crippen LogP contribution in [0.5, 0.6) is 11.5 Å². The first-order valence-corrected chi connectivity index (χ1v) is 12.7. The molecule has 2 atom stereocenters. The number of nitrogens with one attached hydrogen (secondary N) is 2. The van der Waals surface area contributed by atoms with Gasteiger partial charge in [-0.05, 0) is 29.5 Å². The molecular formula is C29H28F4N2O7. The van der Waals surface area contributed by atoms with E-state index in [9.17, 15) is 41.8 Å². The minimum absolute atomic E-state index is 0.443. The Hall–Kier alpha value is -4.68. The second kappa shape index (κ2) is 13.8. The van der Waals surface area contributed by atoms with E-state index < -0.39 is 84.5 Å². The summed E-state index contributed by atoms with van der Waals surface area (Å²) in [6.45, 7) is 1.72. The lowest BCUT2D eigenvalue weighted by molar-refractivity contribution is -0.142. The van der Waals surface area contributed by atoms with E-state index in [1.54, 1.807) is 26.0 Å². The van der Waals surface area contributed by atoms with E-state index in [1.165, 1.54) is 0 Å². The summed E-state index contributed by atoms with van der Waals surface area (Å²) in [5, 5.41) is 15.6. The van der Waals surface area contributed by atoms with Crippen molar-refractivity contribution >= 4 is 34.3 Å². The summed E-state index contributed by atoms with van der Waals surface area (Å²) < 4.78 is 63.6. The van der Waals surface area contributed by atoms with Crippen LogP contribution in [-0.2, 0) is 25.4 Å². The first kappa shape index (κ1) is 31.8. The smallest absolute Gasteiger partial charge is 0.419 e. The number of rotatable bonds is 13. The number of ether oxygens (including phenoxy) is 2. The average molecular weight is 593 g/mol. The number of carbonyl (C=O) groups is 4. The fraction of sp³-hybridized carbons (Fsp3) is 0.310. The van der Waals surface area contributed by atoms with E-state index in [4.69, 9.17) is 9.47 Å². The number of halogens is 4. The third-order valence-corrected chi connectivity index (χ3v) is 6.10. The van der Waals surface area contributed by atoms with Crippen molar-refractivity contribution in [1.82, 2.24) is 10.6 Å². The Morgan fingerprint density at radius 1 is 0.857 bits per heavy atom. The number of Topliss-reactive ketones (excluding diaryl/α,β-unsaturated/α-hetero) is 1. The van der Waals surface area contributed by atoms with Crippen LogP contribution in [0.4, 0.5) is 17.6 Å². The van der Waals surface area contributed by atoms with Crippen LogP contribution in [0, 0.1) is 11.7 Å². The Labute approximate surface area is 237 Å². The normalized spacial score (nSPS) is 12.8. The van der Waals surface area contributed by atoms with Crippen molar-refractivity contribution < 1.29 is 51.3 Å². The highest BCUT2D eigenvalue weighted by molar-refractivity contribution is 5.95. The lowest BCUT2D eigenvalue weighted by atomic mass is 10.0. The highest BCUT2D eigenvalue weighted by Gasteiger charge is 2.36. The van der Waals surface area contributed by atoms with Crippen molar-refractivity contribution in [3.63, 3.8) is 0 Å². The molecule has 224 valence electrons. The van der Waals surface area contributed by atoms with E-state index >= 15 is 0 Å². The molecule has 0 saturated carbocycles. The summed E-state index contributed by atoms with van der Waals surface area (Å²) in [6.07, 6.45) is -5.91. The van der Waals surface area contributed by atoms with Gasteiger partial charge in [0.15, 0.2) is 24.0 Å². The zero-order chi connectivity index (χ0) is 31.0. The SMILES string of the molecule is CC(C)[C@H](NC(=O)COc1cccc2ccccc12)C(=O)N[C@@H](CC(=O)O)C(=O)COc1cccc(C(F)(F)F)c1F. The molecule has 0 aliphatic heterocycles. The maximum absolute atomic E-state index is 14.2. The number of benzene rings is 3. The maximum atomic E-state index is 14.2. The van der Waals surface area contributed by atoms with Gasteiger partial charge in [0.1, 0.15) is 24.4 Å². The largest absolute Gasteiger partial charge is 0.483 e. The number of alkyl halides is 3. The van der Waals surface area contributed by atoms with Gasteiger partial charge in [0.2, 0.25) is 5.91 Å². The summed E-state index contributed by atoms with van der Waals surface area (Å²) in [7, 11) is 0. The van der Waals surface area contributed by atoms with E-state index in [0.717, 1.165) is 22.9 Å².